The minimum absolute atomic E-state index is 0.315. The Kier molecular flexibility index (Phi) is 7.72. The molecule has 0 aliphatic carbocycles. The van der Waals surface area contributed by atoms with E-state index in [-0.39, 0.29) is 0 Å². The Labute approximate surface area is 398 Å². The number of aryl methyl sites for hydroxylation is 1. The van der Waals surface area contributed by atoms with E-state index in [1.165, 1.54) is 0 Å². The van der Waals surface area contributed by atoms with Crippen LogP contribution in [-0.4, -0.2) is 9.13 Å². The van der Waals surface area contributed by atoms with Gasteiger partial charge in [0, 0.05) is 65.0 Å². The summed E-state index contributed by atoms with van der Waals surface area (Å²) in [5.74, 6) is 0. The quantitative estimate of drug-likeness (QED) is 0.165. The highest BCUT2D eigenvalue weighted by atomic mass is 16.3. The van der Waals surface area contributed by atoms with Gasteiger partial charge in [0.1, 0.15) is 22.8 Å². The summed E-state index contributed by atoms with van der Waals surface area (Å²) in [6, 6.07) is 66.5. The first kappa shape index (κ1) is 38.3. The molecule has 5 aromatic heterocycles. The van der Waals surface area contributed by atoms with E-state index in [1.807, 2.05) is 103 Å². The van der Waals surface area contributed by atoms with Crippen molar-refractivity contribution in [3.8, 4) is 39.7 Å². The minimum Gasteiger partial charge on any atom is -0.454 e. The van der Waals surface area contributed by atoms with Crippen LogP contribution in [0.4, 0.5) is 5.69 Å². The predicted molar refractivity (Wildman–Crippen MR) is 284 cm³/mol. The van der Waals surface area contributed by atoms with Crippen LogP contribution in [0.3, 0.4) is 0 Å². The van der Waals surface area contributed by atoms with Gasteiger partial charge < -0.3 is 22.4 Å². The molecule has 5 heterocycles. The van der Waals surface area contributed by atoms with Gasteiger partial charge in [-0.15, -0.1) is 0 Å². The molecule has 0 atom stereocenters. The van der Waals surface area contributed by atoms with Crippen molar-refractivity contribution in [1.29, 1.82) is 5.26 Å². The second kappa shape index (κ2) is 14.1. The standard InChI is InChI=1S/C63H34N4O3/c1-35-16-15-27-51-52(35)46-33-30-41-38-21-9-12-24-48(38)66(57(41)63(46)70-51)56-47(34-64)53(36-17-5-3-6-18-36)55(65-2)60(54(56)37-19-7-4-8-20-37)67-58-42(28-31-44-39-22-10-13-25-49(39)68-61(44)58)43-29-32-45-40-23-11-14-26-50(40)69-62(45)59(43)67/h3-33H,1H3. The lowest BCUT2D eigenvalue weighted by Gasteiger charge is -2.25. The number of furan rings is 3. The Morgan fingerprint density at radius 3 is 1.51 bits per heavy atom. The van der Waals surface area contributed by atoms with E-state index in [0.29, 0.717) is 50.5 Å². The average molecular weight is 895 g/mol. The number of aromatic nitrogens is 2. The molecule has 0 saturated carbocycles. The third-order valence-corrected chi connectivity index (χ3v) is 14.5. The van der Waals surface area contributed by atoms with Crippen molar-refractivity contribution in [3.05, 3.63) is 211 Å². The summed E-state index contributed by atoms with van der Waals surface area (Å²) in [6.07, 6.45) is 0. The topological polar surface area (TPSA) is 77.4 Å². The Morgan fingerprint density at radius 2 is 0.900 bits per heavy atom. The molecule has 0 bridgehead atoms. The number of hydrogen-bond acceptors (Lipinski definition) is 4. The third kappa shape index (κ3) is 4.94. The molecule has 10 aromatic carbocycles. The second-order valence-corrected chi connectivity index (χ2v) is 18.1. The van der Waals surface area contributed by atoms with Crippen molar-refractivity contribution in [2.45, 2.75) is 6.92 Å². The fourth-order valence-corrected chi connectivity index (χ4v) is 11.6. The maximum atomic E-state index is 12.0. The van der Waals surface area contributed by atoms with Gasteiger partial charge in [0.2, 0.25) is 5.69 Å². The number of fused-ring (bicyclic) bond motifs is 18. The molecule has 0 aliphatic heterocycles. The van der Waals surface area contributed by atoms with Crippen LogP contribution in [0.15, 0.2) is 201 Å². The molecule has 70 heavy (non-hydrogen) atoms. The van der Waals surface area contributed by atoms with Crippen LogP contribution >= 0.6 is 0 Å². The van der Waals surface area contributed by atoms with E-state index in [9.17, 15) is 11.8 Å². The third-order valence-electron chi connectivity index (χ3n) is 14.5. The van der Waals surface area contributed by atoms with E-state index in [4.69, 9.17) is 13.3 Å². The molecule has 0 radical (unpaired) electrons. The number of nitriles is 1. The zero-order valence-corrected chi connectivity index (χ0v) is 37.4. The van der Waals surface area contributed by atoms with Crippen molar-refractivity contribution in [3.63, 3.8) is 0 Å². The van der Waals surface area contributed by atoms with Crippen LogP contribution in [0.25, 0.3) is 148 Å². The Hall–Kier alpha value is -9.82. The van der Waals surface area contributed by atoms with E-state index in [1.54, 1.807) is 0 Å². The fraction of sp³-hybridized carbons (Fsp3) is 0.0159. The monoisotopic (exact) mass is 894 g/mol. The maximum Gasteiger partial charge on any atom is 0.220 e. The molecule has 0 fully saturated rings. The van der Waals surface area contributed by atoms with Crippen LogP contribution in [0.2, 0.25) is 0 Å². The van der Waals surface area contributed by atoms with Crippen LogP contribution < -0.4 is 0 Å². The van der Waals surface area contributed by atoms with Crippen molar-refractivity contribution in [1.82, 2.24) is 9.13 Å². The summed E-state index contributed by atoms with van der Waals surface area (Å²) in [6.45, 7) is 11.6. The zero-order chi connectivity index (χ0) is 46.4. The van der Waals surface area contributed by atoms with Gasteiger partial charge in [0.05, 0.1) is 45.6 Å². The minimum atomic E-state index is 0.315. The van der Waals surface area contributed by atoms with Gasteiger partial charge in [-0.1, -0.05) is 146 Å². The summed E-state index contributed by atoms with van der Waals surface area (Å²) >= 11 is 0. The molecular weight excluding hydrogens is 861 g/mol. The lowest BCUT2D eigenvalue weighted by atomic mass is 9.88. The SMILES string of the molecule is [C-]#[N+]c1c(-c2ccccc2)c(C#N)c(-n2c3ccccc3c3ccc4c(oc5cccc(C)c54)c32)c(-c2ccccc2)c1-n1c2c(ccc3c4ccccc4oc32)c2ccc3c4ccccc4oc3c21. The predicted octanol–water partition coefficient (Wildman–Crippen LogP) is 17.6. The summed E-state index contributed by atoms with van der Waals surface area (Å²) < 4.78 is 25.5. The van der Waals surface area contributed by atoms with Crippen LogP contribution in [-0.2, 0) is 0 Å². The largest absolute Gasteiger partial charge is 0.454 e. The normalized spacial score (nSPS) is 12.0. The lowest BCUT2D eigenvalue weighted by molar-refractivity contribution is 0.669. The molecule has 0 aliphatic rings. The maximum absolute atomic E-state index is 12.0. The Bertz CT molecular complexity index is 4730. The Balaban J connectivity index is 1.27. The zero-order valence-electron chi connectivity index (χ0n) is 37.4. The van der Waals surface area contributed by atoms with E-state index < -0.39 is 0 Å². The van der Waals surface area contributed by atoms with Gasteiger partial charge in [-0.05, 0) is 66.1 Å². The summed E-state index contributed by atoms with van der Waals surface area (Å²) in [7, 11) is 0. The molecular formula is C63H34N4O3. The van der Waals surface area contributed by atoms with Crippen molar-refractivity contribution in [2.24, 2.45) is 0 Å². The average Bonchev–Trinajstić information content (AvgIpc) is 4.23. The Morgan fingerprint density at radius 1 is 0.429 bits per heavy atom. The van der Waals surface area contributed by atoms with Gasteiger partial charge in [-0.2, -0.15) is 5.26 Å². The van der Waals surface area contributed by atoms with Crippen molar-refractivity contribution in [2.75, 3.05) is 0 Å². The highest BCUT2D eigenvalue weighted by Crippen LogP contribution is 2.54. The summed E-state index contributed by atoms with van der Waals surface area (Å²) in [4.78, 5) is 4.58. The van der Waals surface area contributed by atoms with Crippen LogP contribution in [0.1, 0.15) is 11.1 Å². The molecule has 0 saturated heterocycles. The first-order valence-electron chi connectivity index (χ1n) is 23.3. The second-order valence-electron chi connectivity index (χ2n) is 18.1. The van der Waals surface area contributed by atoms with Crippen molar-refractivity contribution >= 4 is 115 Å². The highest BCUT2D eigenvalue weighted by Gasteiger charge is 2.34. The molecule has 15 rings (SSSR count). The molecule has 0 amide bonds. The van der Waals surface area contributed by atoms with E-state index in [2.05, 4.69) is 112 Å². The molecule has 0 unspecified atom stereocenters. The molecule has 7 heteroatoms. The first-order chi connectivity index (χ1) is 34.6. The fourth-order valence-electron chi connectivity index (χ4n) is 11.6. The van der Waals surface area contributed by atoms with Crippen molar-refractivity contribution < 1.29 is 13.3 Å². The van der Waals surface area contributed by atoms with E-state index >= 15 is 0 Å². The van der Waals surface area contributed by atoms with Gasteiger partial charge in [-0.25, -0.2) is 4.85 Å². The summed E-state index contributed by atoms with van der Waals surface area (Å²) in [5, 5.41) is 21.8. The van der Waals surface area contributed by atoms with Gasteiger partial charge >= 0.3 is 0 Å². The van der Waals surface area contributed by atoms with Crippen LogP contribution in [0, 0.1) is 24.8 Å². The van der Waals surface area contributed by atoms with Crippen LogP contribution in [0.5, 0.6) is 0 Å². The first-order valence-corrected chi connectivity index (χ1v) is 23.3. The van der Waals surface area contributed by atoms with Gasteiger partial charge in [0.15, 0.2) is 16.7 Å². The number of para-hydroxylation sites is 3. The number of hydrogen-bond donors (Lipinski definition) is 0. The summed E-state index contributed by atoms with van der Waals surface area (Å²) in [5.41, 5.74) is 13.4. The number of rotatable bonds is 4. The lowest BCUT2D eigenvalue weighted by Crippen LogP contribution is -2.09. The van der Waals surface area contributed by atoms with E-state index in [0.717, 1.165) is 109 Å². The van der Waals surface area contributed by atoms with Gasteiger partial charge in [-0.3, -0.25) is 0 Å². The van der Waals surface area contributed by atoms with Gasteiger partial charge in [0.25, 0.3) is 0 Å². The highest BCUT2D eigenvalue weighted by molar-refractivity contribution is 6.28. The molecule has 0 spiro atoms. The molecule has 0 N–H and O–H groups in total. The molecule has 15 aromatic rings. The smallest absolute Gasteiger partial charge is 0.220 e. The number of benzene rings is 10. The number of nitrogens with zero attached hydrogens (tertiary/aromatic N) is 4. The molecule has 7 nitrogen and oxygen atoms in total. The molecule has 324 valence electrons.